The molecule has 0 radical (unpaired) electrons. The molecule has 3 heterocycles. The Kier molecular flexibility index (Phi) is 6.47. The van der Waals surface area contributed by atoms with Gasteiger partial charge in [0, 0.05) is 36.3 Å². The van der Waals surface area contributed by atoms with E-state index in [1.54, 1.807) is 18.4 Å². The summed E-state index contributed by atoms with van der Waals surface area (Å²) in [5.74, 6) is 1.53. The van der Waals surface area contributed by atoms with Crippen LogP contribution in [0.5, 0.6) is 5.75 Å². The molecule has 0 spiro atoms. The van der Waals surface area contributed by atoms with E-state index >= 15 is 0 Å². The number of ether oxygens (including phenoxy) is 1. The number of hydrogen-bond acceptors (Lipinski definition) is 6. The van der Waals surface area contributed by atoms with E-state index in [4.69, 9.17) is 4.74 Å². The largest absolute Gasteiger partial charge is 0.497 e. The number of pyridine rings is 1. The summed E-state index contributed by atoms with van der Waals surface area (Å²) < 4.78 is 5.21. The third kappa shape index (κ3) is 5.09. The van der Waals surface area contributed by atoms with Crippen molar-refractivity contribution in [3.05, 3.63) is 94.2 Å². The van der Waals surface area contributed by atoms with Gasteiger partial charge in [-0.1, -0.05) is 6.07 Å². The zero-order valence-corrected chi connectivity index (χ0v) is 17.9. The van der Waals surface area contributed by atoms with Crippen molar-refractivity contribution in [2.75, 3.05) is 7.11 Å². The molecule has 30 heavy (non-hydrogen) atoms. The highest BCUT2D eigenvalue weighted by atomic mass is 32.1. The number of nitrogens with one attached hydrogen (secondary N) is 1. The van der Waals surface area contributed by atoms with Crippen LogP contribution in [0, 0.1) is 6.92 Å². The number of hydrogen-bond donors (Lipinski definition) is 1. The molecule has 0 saturated heterocycles. The average molecular weight is 417 g/mol. The van der Waals surface area contributed by atoms with E-state index in [9.17, 15) is 0 Å². The molecule has 1 aromatic carbocycles. The van der Waals surface area contributed by atoms with Crippen LogP contribution in [0.15, 0.2) is 71.8 Å². The van der Waals surface area contributed by atoms with Crippen molar-refractivity contribution in [1.29, 1.82) is 0 Å². The van der Waals surface area contributed by atoms with Crippen molar-refractivity contribution in [2.45, 2.75) is 25.9 Å². The zero-order chi connectivity index (χ0) is 20.8. The van der Waals surface area contributed by atoms with E-state index in [0.717, 1.165) is 34.6 Å². The first-order chi connectivity index (χ1) is 14.7. The maximum Gasteiger partial charge on any atom is 0.159 e. The van der Waals surface area contributed by atoms with Crippen molar-refractivity contribution in [3.63, 3.8) is 0 Å². The van der Waals surface area contributed by atoms with E-state index in [1.807, 2.05) is 42.9 Å². The molecule has 1 N–H and O–H groups in total. The fraction of sp³-hybridized carbons (Fsp3) is 0.208. The first kappa shape index (κ1) is 20.2. The lowest BCUT2D eigenvalue weighted by atomic mass is 10.0. The summed E-state index contributed by atoms with van der Waals surface area (Å²) in [6, 6.07) is 14.3. The Morgan fingerprint density at radius 1 is 0.933 bits per heavy atom. The van der Waals surface area contributed by atoms with Crippen molar-refractivity contribution in [2.24, 2.45) is 0 Å². The van der Waals surface area contributed by atoms with E-state index < -0.39 is 0 Å². The van der Waals surface area contributed by atoms with Crippen molar-refractivity contribution in [1.82, 2.24) is 20.3 Å². The second-order valence-corrected chi connectivity index (χ2v) is 7.95. The topological polar surface area (TPSA) is 59.9 Å². The Labute approximate surface area is 180 Å². The minimum absolute atomic E-state index is 0.126. The van der Waals surface area contributed by atoms with Gasteiger partial charge in [0.25, 0.3) is 0 Å². The Balaban J connectivity index is 1.45. The second kappa shape index (κ2) is 9.61. The van der Waals surface area contributed by atoms with Crippen LogP contribution in [0.1, 0.15) is 28.4 Å². The molecular formula is C24H24N4OS. The summed E-state index contributed by atoms with van der Waals surface area (Å²) >= 11 is 1.72. The van der Waals surface area contributed by atoms with Gasteiger partial charge in [-0.15, -0.1) is 0 Å². The van der Waals surface area contributed by atoms with Gasteiger partial charge in [0.15, 0.2) is 5.82 Å². The molecule has 6 heteroatoms. The molecule has 0 aliphatic rings. The molecule has 0 bridgehead atoms. The van der Waals surface area contributed by atoms with Gasteiger partial charge in [-0.2, -0.15) is 11.3 Å². The summed E-state index contributed by atoms with van der Waals surface area (Å²) in [6.45, 7) is 2.73. The summed E-state index contributed by atoms with van der Waals surface area (Å²) in [5.41, 5.74) is 5.52. The molecular weight excluding hydrogens is 392 g/mol. The smallest absolute Gasteiger partial charge is 0.159 e. The van der Waals surface area contributed by atoms with Gasteiger partial charge in [-0.3, -0.25) is 4.98 Å². The van der Waals surface area contributed by atoms with Gasteiger partial charge in [0.2, 0.25) is 0 Å². The van der Waals surface area contributed by atoms with Gasteiger partial charge in [-0.05, 0) is 71.6 Å². The monoisotopic (exact) mass is 416 g/mol. The Bertz CT molecular complexity index is 1050. The first-order valence-corrected chi connectivity index (χ1v) is 10.8. The molecule has 0 saturated carbocycles. The van der Waals surface area contributed by atoms with Gasteiger partial charge < -0.3 is 10.1 Å². The summed E-state index contributed by atoms with van der Waals surface area (Å²) in [7, 11) is 1.66. The highest BCUT2D eigenvalue weighted by Crippen LogP contribution is 2.21. The van der Waals surface area contributed by atoms with Crippen LogP contribution in [-0.2, 0) is 13.0 Å². The highest BCUT2D eigenvalue weighted by molar-refractivity contribution is 7.07. The standard InChI is InChI=1S/C24H24N4OS/c1-17-3-8-22(25-12-17)23(11-18-9-10-30-16-18)26-13-19-14-27-24(28-15-19)20-4-6-21(29-2)7-5-20/h3-10,12,14-16,23,26H,11,13H2,1-2H3/t23-/m1/s1. The molecule has 3 aromatic heterocycles. The second-order valence-electron chi connectivity index (χ2n) is 7.17. The molecule has 1 atom stereocenters. The average Bonchev–Trinajstić information content (AvgIpc) is 3.31. The van der Waals surface area contributed by atoms with Gasteiger partial charge in [-0.25, -0.2) is 9.97 Å². The summed E-state index contributed by atoms with van der Waals surface area (Å²) in [5, 5.41) is 7.93. The summed E-state index contributed by atoms with van der Waals surface area (Å²) in [6.07, 6.45) is 6.57. The third-order valence-corrected chi connectivity index (χ3v) is 5.65. The Hall–Kier alpha value is -3.09. The zero-order valence-electron chi connectivity index (χ0n) is 17.1. The number of aromatic nitrogens is 3. The minimum Gasteiger partial charge on any atom is -0.497 e. The van der Waals surface area contributed by atoms with Gasteiger partial charge in [0.05, 0.1) is 18.8 Å². The third-order valence-electron chi connectivity index (χ3n) is 4.92. The Morgan fingerprint density at radius 2 is 1.73 bits per heavy atom. The quantitative estimate of drug-likeness (QED) is 0.438. The highest BCUT2D eigenvalue weighted by Gasteiger charge is 2.14. The van der Waals surface area contributed by atoms with Crippen molar-refractivity contribution >= 4 is 11.3 Å². The van der Waals surface area contributed by atoms with Crippen LogP contribution in [0.4, 0.5) is 0 Å². The lowest BCUT2D eigenvalue weighted by Gasteiger charge is -2.18. The predicted octanol–water partition coefficient (Wildman–Crippen LogP) is 4.99. The van der Waals surface area contributed by atoms with E-state index in [2.05, 4.69) is 56.2 Å². The van der Waals surface area contributed by atoms with Gasteiger partial charge >= 0.3 is 0 Å². The lowest BCUT2D eigenvalue weighted by molar-refractivity contribution is 0.415. The molecule has 152 valence electrons. The van der Waals surface area contributed by atoms with Crippen LogP contribution in [-0.4, -0.2) is 22.1 Å². The number of aryl methyl sites for hydroxylation is 1. The molecule has 0 aliphatic heterocycles. The molecule has 4 aromatic rings. The van der Waals surface area contributed by atoms with E-state index in [0.29, 0.717) is 12.4 Å². The van der Waals surface area contributed by atoms with E-state index in [-0.39, 0.29) is 6.04 Å². The van der Waals surface area contributed by atoms with Gasteiger partial charge in [0.1, 0.15) is 5.75 Å². The Morgan fingerprint density at radius 3 is 2.37 bits per heavy atom. The number of rotatable bonds is 8. The molecule has 0 aliphatic carbocycles. The summed E-state index contributed by atoms with van der Waals surface area (Å²) in [4.78, 5) is 13.7. The lowest BCUT2D eigenvalue weighted by Crippen LogP contribution is -2.24. The maximum absolute atomic E-state index is 5.21. The van der Waals surface area contributed by atoms with Crippen LogP contribution < -0.4 is 10.1 Å². The van der Waals surface area contributed by atoms with E-state index in [1.165, 1.54) is 5.56 Å². The maximum atomic E-state index is 5.21. The fourth-order valence-electron chi connectivity index (χ4n) is 3.19. The van der Waals surface area contributed by atoms with Crippen LogP contribution in [0.3, 0.4) is 0 Å². The molecule has 5 nitrogen and oxygen atoms in total. The predicted molar refractivity (Wildman–Crippen MR) is 121 cm³/mol. The normalized spacial score (nSPS) is 11.9. The first-order valence-electron chi connectivity index (χ1n) is 9.83. The van der Waals surface area contributed by atoms with Crippen LogP contribution in [0.25, 0.3) is 11.4 Å². The number of benzene rings is 1. The fourth-order valence-corrected chi connectivity index (χ4v) is 3.87. The van der Waals surface area contributed by atoms with Crippen molar-refractivity contribution < 1.29 is 4.74 Å². The van der Waals surface area contributed by atoms with Crippen LogP contribution >= 0.6 is 11.3 Å². The number of nitrogens with zero attached hydrogens (tertiary/aromatic N) is 3. The minimum atomic E-state index is 0.126. The number of methoxy groups -OCH3 is 1. The molecule has 0 unspecified atom stereocenters. The SMILES string of the molecule is COc1ccc(-c2ncc(CN[C@H](Cc3ccsc3)c3ccc(C)cn3)cn2)cc1. The van der Waals surface area contributed by atoms with Crippen molar-refractivity contribution in [3.8, 4) is 17.1 Å². The number of thiophene rings is 1. The molecule has 4 rings (SSSR count). The molecule has 0 amide bonds. The molecule has 0 fully saturated rings. The van der Waals surface area contributed by atoms with Crippen LogP contribution in [0.2, 0.25) is 0 Å².